The second kappa shape index (κ2) is 5.81. The lowest BCUT2D eigenvalue weighted by molar-refractivity contribution is 0.101. The molecule has 0 N–H and O–H groups in total. The molecule has 4 nitrogen and oxygen atoms in total. The van der Waals surface area contributed by atoms with Crippen molar-refractivity contribution in [1.82, 2.24) is 0 Å². The van der Waals surface area contributed by atoms with Crippen molar-refractivity contribution in [3.05, 3.63) is 29.8 Å². The average Bonchev–Trinajstić information content (AvgIpc) is 2.37. The summed E-state index contributed by atoms with van der Waals surface area (Å²) in [5, 5.41) is 0. The van der Waals surface area contributed by atoms with E-state index in [1.54, 1.807) is 46.9 Å². The fourth-order valence-corrected chi connectivity index (χ4v) is 3.39. The number of sulfone groups is 1. The Morgan fingerprint density at radius 3 is 2.29 bits per heavy atom. The third-order valence-corrected chi connectivity index (χ3v) is 6.84. The van der Waals surface area contributed by atoms with Crippen molar-refractivity contribution < 1.29 is 17.9 Å². The molecule has 0 aromatic heterocycles. The molecule has 0 amide bonds. The fraction of sp³-hybridized carbons (Fsp3) is 0.364. The van der Waals surface area contributed by atoms with Gasteiger partial charge in [-0.25, -0.2) is 8.42 Å². The Kier molecular flexibility index (Phi) is 4.93. The van der Waals surface area contributed by atoms with Crippen molar-refractivity contribution in [2.24, 2.45) is 0 Å². The maximum Gasteiger partial charge on any atom is 0.190 e. The van der Waals surface area contributed by atoms with Crippen molar-refractivity contribution >= 4 is 38.2 Å². The smallest absolute Gasteiger partial charge is 0.190 e. The zero-order chi connectivity index (χ0) is 13.1. The minimum Gasteiger partial charge on any atom is -0.497 e. The molecule has 0 bridgehead atoms. The Balaban J connectivity index is 2.97. The Bertz CT molecular complexity index is 493. The predicted molar refractivity (Wildman–Crippen MR) is 74.6 cm³/mol. The Morgan fingerprint density at radius 2 is 1.88 bits per heavy atom. The number of methoxy groups -OCH3 is 1. The molecule has 0 aliphatic rings. The Hall–Kier alpha value is -0.630. The first-order chi connectivity index (χ1) is 7.92. The summed E-state index contributed by atoms with van der Waals surface area (Å²) in [6.45, 7) is 1.53. The van der Waals surface area contributed by atoms with Crippen molar-refractivity contribution in [3.8, 4) is 5.75 Å². The monoisotopic (exact) mass is 368 g/mol. The summed E-state index contributed by atoms with van der Waals surface area (Å²) in [7, 11) is -1.83. The van der Waals surface area contributed by atoms with Crippen LogP contribution in [-0.4, -0.2) is 30.3 Å². The van der Waals surface area contributed by atoms with Crippen molar-refractivity contribution in [2.45, 2.75) is 10.2 Å². The molecule has 0 saturated carbocycles. The van der Waals surface area contributed by atoms with E-state index in [1.807, 2.05) is 0 Å². The number of alkyl halides is 1. The summed E-state index contributed by atoms with van der Waals surface area (Å²) < 4.78 is 27.1. The average molecular weight is 368 g/mol. The molecular weight excluding hydrogens is 355 g/mol. The number of ether oxygens (including phenoxy) is 1. The minimum atomic E-state index is -3.36. The lowest BCUT2D eigenvalue weighted by Gasteiger charge is -2.09. The van der Waals surface area contributed by atoms with Gasteiger partial charge in [0.25, 0.3) is 0 Å². The van der Waals surface area contributed by atoms with Crippen LogP contribution in [0.15, 0.2) is 24.3 Å². The van der Waals surface area contributed by atoms with Crippen LogP contribution in [0.3, 0.4) is 0 Å². The van der Waals surface area contributed by atoms with Crippen LogP contribution in [0.25, 0.3) is 0 Å². The highest BCUT2D eigenvalue weighted by Gasteiger charge is 2.28. The normalized spacial score (nSPS) is 13.1. The summed E-state index contributed by atoms with van der Waals surface area (Å²) >= 11 is 1.66. The lowest BCUT2D eigenvalue weighted by Crippen LogP contribution is -2.25. The standard InChI is InChI=1S/C11H13IO4S/c1-3-17(14,15)11(12)10(13)8-4-6-9(16-2)7-5-8/h4-7,11H,3H2,1-2H3/t11-/m0/s1. The van der Waals surface area contributed by atoms with E-state index in [9.17, 15) is 13.2 Å². The second-order valence-corrected chi connectivity index (χ2v) is 7.83. The zero-order valence-electron chi connectivity index (χ0n) is 9.51. The van der Waals surface area contributed by atoms with Crippen LogP contribution >= 0.6 is 22.6 Å². The first kappa shape index (κ1) is 14.4. The van der Waals surface area contributed by atoms with Crippen molar-refractivity contribution in [1.29, 1.82) is 0 Å². The van der Waals surface area contributed by atoms with Gasteiger partial charge in [-0.05, 0) is 24.3 Å². The zero-order valence-corrected chi connectivity index (χ0v) is 12.5. The van der Waals surface area contributed by atoms with Crippen LogP contribution in [0.4, 0.5) is 0 Å². The summed E-state index contributed by atoms with van der Waals surface area (Å²) in [6.07, 6.45) is 0. The molecule has 0 spiro atoms. The highest BCUT2D eigenvalue weighted by molar-refractivity contribution is 14.1. The topological polar surface area (TPSA) is 60.4 Å². The van der Waals surface area contributed by atoms with Gasteiger partial charge in [0.05, 0.1) is 7.11 Å². The highest BCUT2D eigenvalue weighted by Crippen LogP contribution is 2.19. The number of rotatable bonds is 5. The third kappa shape index (κ3) is 3.41. The van der Waals surface area contributed by atoms with Gasteiger partial charge in [-0.15, -0.1) is 0 Å². The van der Waals surface area contributed by atoms with Gasteiger partial charge in [-0.3, -0.25) is 4.79 Å². The maximum absolute atomic E-state index is 11.9. The van der Waals surface area contributed by atoms with Gasteiger partial charge in [0, 0.05) is 11.3 Å². The summed E-state index contributed by atoms with van der Waals surface area (Å²) in [5.41, 5.74) is 0.377. The van der Waals surface area contributed by atoms with Crippen molar-refractivity contribution in [3.63, 3.8) is 0 Å². The SMILES string of the molecule is CCS(=O)(=O)[C@H](I)C(=O)c1ccc(OC)cc1. The van der Waals surface area contributed by atoms with Crippen molar-refractivity contribution in [2.75, 3.05) is 12.9 Å². The van der Waals surface area contributed by atoms with E-state index in [2.05, 4.69) is 0 Å². The largest absolute Gasteiger partial charge is 0.497 e. The van der Waals surface area contributed by atoms with E-state index >= 15 is 0 Å². The Labute approximate surface area is 114 Å². The van der Waals surface area contributed by atoms with Gasteiger partial charge in [0.1, 0.15) is 5.75 Å². The van der Waals surface area contributed by atoms with Gasteiger partial charge in [-0.1, -0.05) is 29.5 Å². The van der Waals surface area contributed by atoms with Gasteiger partial charge in [0.15, 0.2) is 18.9 Å². The molecule has 1 atom stereocenters. The van der Waals surface area contributed by atoms with Gasteiger partial charge >= 0.3 is 0 Å². The maximum atomic E-state index is 11.9. The second-order valence-electron chi connectivity index (χ2n) is 3.36. The number of hydrogen-bond donors (Lipinski definition) is 0. The molecule has 0 unspecified atom stereocenters. The molecule has 6 heteroatoms. The molecule has 0 radical (unpaired) electrons. The van der Waals surface area contributed by atoms with Crippen LogP contribution in [0.2, 0.25) is 0 Å². The summed E-state index contributed by atoms with van der Waals surface area (Å²) in [5.74, 6) is 0.197. The van der Waals surface area contributed by atoms with E-state index in [4.69, 9.17) is 4.74 Å². The molecule has 0 fully saturated rings. The summed E-state index contributed by atoms with van der Waals surface area (Å²) in [4.78, 5) is 11.9. The molecule has 0 aliphatic heterocycles. The van der Waals surface area contributed by atoms with E-state index in [0.717, 1.165) is 0 Å². The number of carbonyl (C=O) groups excluding carboxylic acids is 1. The molecular formula is C11H13IO4S. The first-order valence-corrected chi connectivity index (χ1v) is 7.92. The van der Waals surface area contributed by atoms with Gasteiger partial charge in [-0.2, -0.15) is 0 Å². The van der Waals surface area contributed by atoms with Crippen LogP contribution in [0.1, 0.15) is 17.3 Å². The molecule has 17 heavy (non-hydrogen) atoms. The van der Waals surface area contributed by atoms with Crippen LogP contribution < -0.4 is 4.74 Å². The third-order valence-electron chi connectivity index (χ3n) is 2.30. The van der Waals surface area contributed by atoms with E-state index in [0.29, 0.717) is 11.3 Å². The van der Waals surface area contributed by atoms with E-state index in [-0.39, 0.29) is 5.75 Å². The Morgan fingerprint density at radius 1 is 1.35 bits per heavy atom. The number of carbonyl (C=O) groups is 1. The first-order valence-electron chi connectivity index (χ1n) is 4.96. The van der Waals surface area contributed by atoms with Crippen LogP contribution in [0.5, 0.6) is 5.75 Å². The van der Waals surface area contributed by atoms with Crippen LogP contribution in [0, 0.1) is 0 Å². The molecule has 0 saturated heterocycles. The quantitative estimate of drug-likeness (QED) is 0.454. The lowest BCUT2D eigenvalue weighted by atomic mass is 10.1. The molecule has 94 valence electrons. The summed E-state index contributed by atoms with van der Waals surface area (Å²) in [6, 6.07) is 6.40. The number of benzene rings is 1. The molecule has 0 aliphatic carbocycles. The number of hydrogen-bond acceptors (Lipinski definition) is 4. The number of Topliss-reactive ketones (excluding diaryl/α,β-unsaturated/α-hetero) is 1. The minimum absolute atomic E-state index is 0.0392. The molecule has 1 rings (SSSR count). The predicted octanol–water partition coefficient (Wildman–Crippen LogP) is 2.07. The van der Waals surface area contributed by atoms with Gasteiger partial charge in [0.2, 0.25) is 0 Å². The van der Waals surface area contributed by atoms with E-state index < -0.39 is 18.9 Å². The number of ketones is 1. The molecule has 1 aromatic rings. The molecule has 1 aromatic carbocycles. The van der Waals surface area contributed by atoms with Crippen LogP contribution in [-0.2, 0) is 9.84 Å². The van der Waals surface area contributed by atoms with Gasteiger partial charge < -0.3 is 4.74 Å². The molecule has 0 heterocycles. The highest BCUT2D eigenvalue weighted by atomic mass is 127. The van der Waals surface area contributed by atoms with E-state index in [1.165, 1.54) is 14.0 Å². The number of halogens is 1. The fourth-order valence-electron chi connectivity index (χ4n) is 1.20.